The standard InChI is InChI=1S/C15H21N3/c1-13-12-17(15-8-4-5-9-16-15)10-11-18(13)14-6-2-3-7-14/h4-6,8-9,13H,2-3,7,10-12H2,1H3. The molecule has 1 aliphatic heterocycles. The number of aromatic nitrogens is 1. The van der Waals surface area contributed by atoms with Crippen LogP contribution in [-0.4, -0.2) is 35.6 Å². The van der Waals surface area contributed by atoms with E-state index in [2.05, 4.69) is 39.9 Å². The number of hydrogen-bond donors (Lipinski definition) is 0. The third-order valence-electron chi connectivity index (χ3n) is 3.99. The van der Waals surface area contributed by atoms with Gasteiger partial charge in [-0.3, -0.25) is 0 Å². The normalized spacial score (nSPS) is 24.3. The number of piperazine rings is 1. The van der Waals surface area contributed by atoms with Crippen molar-refractivity contribution in [3.63, 3.8) is 0 Å². The van der Waals surface area contributed by atoms with Gasteiger partial charge < -0.3 is 9.80 Å². The van der Waals surface area contributed by atoms with Gasteiger partial charge in [0.1, 0.15) is 5.82 Å². The van der Waals surface area contributed by atoms with Gasteiger partial charge in [0.15, 0.2) is 0 Å². The Bertz CT molecular complexity index is 427. The van der Waals surface area contributed by atoms with E-state index in [1.54, 1.807) is 5.70 Å². The van der Waals surface area contributed by atoms with Crippen LogP contribution in [0.1, 0.15) is 26.2 Å². The van der Waals surface area contributed by atoms with E-state index in [-0.39, 0.29) is 0 Å². The van der Waals surface area contributed by atoms with Crippen molar-refractivity contribution in [3.8, 4) is 0 Å². The Morgan fingerprint density at radius 2 is 2.22 bits per heavy atom. The molecule has 1 unspecified atom stereocenters. The molecule has 2 aliphatic rings. The van der Waals surface area contributed by atoms with Crippen LogP contribution in [0.4, 0.5) is 5.82 Å². The zero-order valence-corrected chi connectivity index (χ0v) is 11.0. The van der Waals surface area contributed by atoms with Gasteiger partial charge in [0, 0.05) is 37.6 Å². The van der Waals surface area contributed by atoms with Crippen LogP contribution in [0, 0.1) is 0 Å². The summed E-state index contributed by atoms with van der Waals surface area (Å²) < 4.78 is 0. The highest BCUT2D eigenvalue weighted by molar-refractivity contribution is 5.39. The molecule has 3 nitrogen and oxygen atoms in total. The molecule has 1 atom stereocenters. The van der Waals surface area contributed by atoms with E-state index in [0.29, 0.717) is 6.04 Å². The highest BCUT2D eigenvalue weighted by atomic mass is 15.3. The van der Waals surface area contributed by atoms with Crippen molar-refractivity contribution in [2.45, 2.75) is 32.2 Å². The van der Waals surface area contributed by atoms with Crippen LogP contribution in [0.3, 0.4) is 0 Å². The summed E-state index contributed by atoms with van der Waals surface area (Å²) in [5.41, 5.74) is 1.57. The summed E-state index contributed by atoms with van der Waals surface area (Å²) in [4.78, 5) is 9.44. The molecule has 1 aromatic rings. The lowest BCUT2D eigenvalue weighted by Gasteiger charge is -2.42. The van der Waals surface area contributed by atoms with Crippen molar-refractivity contribution >= 4 is 5.82 Å². The molecule has 1 aliphatic carbocycles. The molecule has 1 saturated heterocycles. The maximum atomic E-state index is 4.45. The topological polar surface area (TPSA) is 19.4 Å². The number of allylic oxidation sites excluding steroid dienone is 2. The van der Waals surface area contributed by atoms with Gasteiger partial charge in [0.05, 0.1) is 0 Å². The average molecular weight is 243 g/mol. The van der Waals surface area contributed by atoms with Gasteiger partial charge in [-0.1, -0.05) is 12.1 Å². The summed E-state index contributed by atoms with van der Waals surface area (Å²) >= 11 is 0. The molecule has 96 valence electrons. The first-order valence-electron chi connectivity index (χ1n) is 6.96. The third-order valence-corrected chi connectivity index (χ3v) is 3.99. The predicted octanol–water partition coefficient (Wildman–Crippen LogP) is 2.66. The lowest BCUT2D eigenvalue weighted by molar-refractivity contribution is 0.237. The quantitative estimate of drug-likeness (QED) is 0.796. The third kappa shape index (κ3) is 2.22. The molecule has 3 rings (SSSR count). The molecular weight excluding hydrogens is 222 g/mol. The maximum Gasteiger partial charge on any atom is 0.128 e. The summed E-state index contributed by atoms with van der Waals surface area (Å²) in [5.74, 6) is 1.12. The highest BCUT2D eigenvalue weighted by Gasteiger charge is 2.26. The van der Waals surface area contributed by atoms with Crippen molar-refractivity contribution in [1.29, 1.82) is 0 Å². The Balaban J connectivity index is 1.68. The van der Waals surface area contributed by atoms with Crippen molar-refractivity contribution in [2.24, 2.45) is 0 Å². The molecule has 0 bridgehead atoms. The first-order chi connectivity index (χ1) is 8.84. The van der Waals surface area contributed by atoms with Crippen molar-refractivity contribution in [1.82, 2.24) is 9.88 Å². The number of pyridine rings is 1. The number of hydrogen-bond acceptors (Lipinski definition) is 3. The number of nitrogens with zero attached hydrogens (tertiary/aromatic N) is 3. The molecular formula is C15H21N3. The van der Waals surface area contributed by atoms with Crippen LogP contribution in [0.2, 0.25) is 0 Å². The predicted molar refractivity (Wildman–Crippen MR) is 74.6 cm³/mol. The second kappa shape index (κ2) is 5.01. The molecule has 1 fully saturated rings. The summed E-state index contributed by atoms with van der Waals surface area (Å²) in [7, 11) is 0. The molecule has 1 aromatic heterocycles. The van der Waals surface area contributed by atoms with Gasteiger partial charge in [-0.05, 0) is 38.3 Å². The number of rotatable bonds is 2. The number of anilines is 1. The first-order valence-corrected chi connectivity index (χ1v) is 6.96. The highest BCUT2D eigenvalue weighted by Crippen LogP contribution is 2.26. The van der Waals surface area contributed by atoms with Crippen LogP contribution < -0.4 is 4.90 Å². The SMILES string of the molecule is CC1CN(c2ccccn2)CCN1C1=CCCC1. The van der Waals surface area contributed by atoms with E-state index in [4.69, 9.17) is 0 Å². The summed E-state index contributed by atoms with van der Waals surface area (Å²) in [6.07, 6.45) is 8.18. The summed E-state index contributed by atoms with van der Waals surface area (Å²) in [6, 6.07) is 6.74. The fraction of sp³-hybridized carbons (Fsp3) is 0.533. The summed E-state index contributed by atoms with van der Waals surface area (Å²) in [6.45, 7) is 5.62. The Hall–Kier alpha value is -1.51. The smallest absolute Gasteiger partial charge is 0.128 e. The van der Waals surface area contributed by atoms with E-state index < -0.39 is 0 Å². The molecule has 0 radical (unpaired) electrons. The van der Waals surface area contributed by atoms with Crippen molar-refractivity contribution in [3.05, 3.63) is 36.2 Å². The molecule has 0 spiro atoms. The minimum absolute atomic E-state index is 0.588. The fourth-order valence-electron chi connectivity index (χ4n) is 3.05. The van der Waals surface area contributed by atoms with E-state index in [0.717, 1.165) is 25.5 Å². The Morgan fingerprint density at radius 3 is 2.89 bits per heavy atom. The zero-order valence-electron chi connectivity index (χ0n) is 11.0. The molecule has 0 aromatic carbocycles. The van der Waals surface area contributed by atoms with Gasteiger partial charge >= 0.3 is 0 Å². The van der Waals surface area contributed by atoms with E-state index in [1.165, 1.54) is 19.3 Å². The van der Waals surface area contributed by atoms with Gasteiger partial charge in [-0.25, -0.2) is 4.98 Å². The van der Waals surface area contributed by atoms with Gasteiger partial charge in [0.2, 0.25) is 0 Å². The first kappa shape index (κ1) is 11.6. The molecule has 0 saturated carbocycles. The molecule has 2 heterocycles. The molecule has 18 heavy (non-hydrogen) atoms. The van der Waals surface area contributed by atoms with E-state index in [1.807, 2.05) is 12.3 Å². The minimum atomic E-state index is 0.588. The minimum Gasteiger partial charge on any atom is -0.369 e. The Labute approximate surface area is 109 Å². The van der Waals surface area contributed by atoms with Crippen LogP contribution in [0.15, 0.2) is 36.2 Å². The van der Waals surface area contributed by atoms with Gasteiger partial charge in [-0.15, -0.1) is 0 Å². The lowest BCUT2D eigenvalue weighted by Crippen LogP contribution is -2.51. The zero-order chi connectivity index (χ0) is 12.4. The van der Waals surface area contributed by atoms with E-state index >= 15 is 0 Å². The second-order valence-corrected chi connectivity index (χ2v) is 5.26. The second-order valence-electron chi connectivity index (χ2n) is 5.26. The van der Waals surface area contributed by atoms with Crippen LogP contribution in [-0.2, 0) is 0 Å². The molecule has 0 amide bonds. The Kier molecular flexibility index (Phi) is 3.22. The molecule has 3 heteroatoms. The maximum absolute atomic E-state index is 4.45. The van der Waals surface area contributed by atoms with Crippen molar-refractivity contribution < 1.29 is 0 Å². The Morgan fingerprint density at radius 1 is 1.28 bits per heavy atom. The molecule has 0 N–H and O–H groups in total. The fourth-order valence-corrected chi connectivity index (χ4v) is 3.05. The van der Waals surface area contributed by atoms with Gasteiger partial charge in [-0.2, -0.15) is 0 Å². The monoisotopic (exact) mass is 243 g/mol. The van der Waals surface area contributed by atoms with E-state index in [9.17, 15) is 0 Å². The average Bonchev–Trinajstić information content (AvgIpc) is 2.93. The van der Waals surface area contributed by atoms with Crippen LogP contribution in [0.5, 0.6) is 0 Å². The summed E-state index contributed by atoms with van der Waals surface area (Å²) in [5, 5.41) is 0. The lowest BCUT2D eigenvalue weighted by atomic mass is 10.1. The largest absolute Gasteiger partial charge is 0.369 e. The van der Waals surface area contributed by atoms with Gasteiger partial charge in [0.25, 0.3) is 0 Å². The van der Waals surface area contributed by atoms with Crippen LogP contribution >= 0.6 is 0 Å². The van der Waals surface area contributed by atoms with Crippen LogP contribution in [0.25, 0.3) is 0 Å². The van der Waals surface area contributed by atoms with Crippen molar-refractivity contribution in [2.75, 3.05) is 24.5 Å².